The van der Waals surface area contributed by atoms with Gasteiger partial charge in [-0.1, -0.05) is 26.0 Å². The fourth-order valence-corrected chi connectivity index (χ4v) is 1.61. The molecule has 1 aromatic rings. The van der Waals surface area contributed by atoms with Crippen molar-refractivity contribution in [3.63, 3.8) is 0 Å². The van der Waals surface area contributed by atoms with Crippen molar-refractivity contribution in [2.75, 3.05) is 13.2 Å². The molecule has 0 aliphatic rings. The van der Waals surface area contributed by atoms with Crippen LogP contribution in [0.2, 0.25) is 0 Å². The molecule has 0 fully saturated rings. The lowest BCUT2D eigenvalue weighted by atomic mass is 10.2. The highest BCUT2D eigenvalue weighted by Crippen LogP contribution is 2.26. The molecule has 1 unspecified atom stereocenters. The molecule has 0 saturated carbocycles. The molecule has 0 heterocycles. The normalized spacial score (nSPS) is 12.2. The summed E-state index contributed by atoms with van der Waals surface area (Å²) in [5, 5.41) is 12.0. The largest absolute Gasteiger partial charge is 0.490 e. The van der Waals surface area contributed by atoms with Crippen LogP contribution in [0.25, 0.3) is 0 Å². The number of para-hydroxylation sites is 2. The minimum absolute atomic E-state index is 0.0532. The van der Waals surface area contributed by atoms with Crippen molar-refractivity contribution in [1.82, 2.24) is 5.32 Å². The molecule has 0 aromatic heterocycles. The summed E-state index contributed by atoms with van der Waals surface area (Å²) in [6, 6.07) is 6.56. The third-order valence-corrected chi connectivity index (χ3v) is 2.39. The first-order valence-corrected chi connectivity index (χ1v) is 6.38. The average molecular weight is 267 g/mol. The molecule has 19 heavy (non-hydrogen) atoms. The smallest absolute Gasteiger partial charge is 0.324 e. The van der Waals surface area contributed by atoms with Gasteiger partial charge in [-0.15, -0.1) is 0 Å². The lowest BCUT2D eigenvalue weighted by Gasteiger charge is -2.18. The number of benzene rings is 1. The van der Waals surface area contributed by atoms with Gasteiger partial charge in [0, 0.05) is 6.04 Å². The fraction of sp³-hybridized carbons (Fsp3) is 0.500. The van der Waals surface area contributed by atoms with E-state index in [4.69, 9.17) is 14.6 Å². The molecule has 0 amide bonds. The number of carbonyl (C=O) groups is 1. The molecule has 1 rings (SSSR count). The number of carboxylic acid groups (broad SMARTS) is 1. The van der Waals surface area contributed by atoms with Gasteiger partial charge >= 0.3 is 5.97 Å². The van der Waals surface area contributed by atoms with Gasteiger partial charge in [0.15, 0.2) is 11.5 Å². The van der Waals surface area contributed by atoms with Crippen LogP contribution in [0.3, 0.4) is 0 Å². The second kappa shape index (κ2) is 7.63. The van der Waals surface area contributed by atoms with Gasteiger partial charge in [0.1, 0.15) is 12.6 Å². The van der Waals surface area contributed by atoms with E-state index in [1.807, 2.05) is 32.9 Å². The molecular weight excluding hydrogens is 246 g/mol. The summed E-state index contributed by atoms with van der Waals surface area (Å²) in [6.45, 7) is 6.26. The zero-order chi connectivity index (χ0) is 14.3. The Morgan fingerprint density at radius 1 is 1.26 bits per heavy atom. The van der Waals surface area contributed by atoms with Gasteiger partial charge in [0.05, 0.1) is 6.61 Å². The van der Waals surface area contributed by atoms with Gasteiger partial charge in [-0.3, -0.25) is 10.1 Å². The van der Waals surface area contributed by atoms with Crippen LogP contribution in [0.4, 0.5) is 0 Å². The molecule has 0 bridgehead atoms. The number of carboxylic acids is 1. The highest BCUT2D eigenvalue weighted by molar-refractivity contribution is 5.73. The zero-order valence-corrected chi connectivity index (χ0v) is 11.6. The second-order valence-electron chi connectivity index (χ2n) is 4.40. The van der Waals surface area contributed by atoms with Gasteiger partial charge in [-0.25, -0.2) is 0 Å². The maximum atomic E-state index is 11.1. The third-order valence-electron chi connectivity index (χ3n) is 2.39. The molecule has 2 N–H and O–H groups in total. The quantitative estimate of drug-likeness (QED) is 0.753. The Morgan fingerprint density at radius 2 is 1.84 bits per heavy atom. The minimum Gasteiger partial charge on any atom is -0.490 e. The maximum absolute atomic E-state index is 11.1. The summed E-state index contributed by atoms with van der Waals surface area (Å²) >= 11 is 0. The Hall–Kier alpha value is -1.75. The van der Waals surface area contributed by atoms with Crippen LogP contribution in [-0.4, -0.2) is 36.4 Å². The fourth-order valence-electron chi connectivity index (χ4n) is 1.61. The lowest BCUT2D eigenvalue weighted by Crippen LogP contribution is -2.44. The van der Waals surface area contributed by atoms with E-state index in [1.165, 1.54) is 0 Å². The molecule has 0 spiro atoms. The molecule has 5 nitrogen and oxygen atoms in total. The lowest BCUT2D eigenvalue weighted by molar-refractivity contribution is -0.140. The van der Waals surface area contributed by atoms with Crippen molar-refractivity contribution >= 4 is 5.97 Å². The molecule has 0 aliphatic carbocycles. The van der Waals surface area contributed by atoms with E-state index in [0.29, 0.717) is 18.1 Å². The predicted octanol–water partition coefficient (Wildman–Crippen LogP) is 1.92. The molecule has 0 saturated heterocycles. The van der Waals surface area contributed by atoms with E-state index in [2.05, 4.69) is 5.32 Å². The topological polar surface area (TPSA) is 67.8 Å². The minimum atomic E-state index is -0.928. The summed E-state index contributed by atoms with van der Waals surface area (Å²) in [5.74, 6) is 0.252. The van der Waals surface area contributed by atoms with Crippen LogP contribution < -0.4 is 14.8 Å². The predicted molar refractivity (Wildman–Crippen MR) is 72.8 cm³/mol. The van der Waals surface area contributed by atoms with Crippen LogP contribution >= 0.6 is 0 Å². The van der Waals surface area contributed by atoms with E-state index in [9.17, 15) is 4.79 Å². The van der Waals surface area contributed by atoms with Crippen molar-refractivity contribution in [3.05, 3.63) is 24.3 Å². The van der Waals surface area contributed by atoms with E-state index in [-0.39, 0.29) is 12.6 Å². The van der Waals surface area contributed by atoms with Crippen LogP contribution in [0.5, 0.6) is 11.5 Å². The number of rotatable bonds is 8. The van der Waals surface area contributed by atoms with E-state index < -0.39 is 12.0 Å². The molecular formula is C14H21NO4. The first-order valence-electron chi connectivity index (χ1n) is 6.38. The first-order chi connectivity index (χ1) is 9.04. The van der Waals surface area contributed by atoms with Crippen LogP contribution in [-0.2, 0) is 4.79 Å². The van der Waals surface area contributed by atoms with Crippen LogP contribution in [0.1, 0.15) is 20.8 Å². The summed E-state index contributed by atoms with van der Waals surface area (Å²) in [4.78, 5) is 11.1. The molecule has 0 aliphatic heterocycles. The number of aliphatic carboxylic acids is 1. The van der Waals surface area contributed by atoms with Crippen molar-refractivity contribution < 1.29 is 19.4 Å². The molecule has 0 radical (unpaired) electrons. The van der Waals surface area contributed by atoms with Crippen molar-refractivity contribution in [2.45, 2.75) is 32.9 Å². The Morgan fingerprint density at radius 3 is 2.32 bits per heavy atom. The van der Waals surface area contributed by atoms with Gasteiger partial charge in [0.2, 0.25) is 0 Å². The van der Waals surface area contributed by atoms with Crippen LogP contribution in [0, 0.1) is 0 Å². The van der Waals surface area contributed by atoms with E-state index in [1.54, 1.807) is 12.1 Å². The van der Waals surface area contributed by atoms with Gasteiger partial charge < -0.3 is 14.6 Å². The summed E-state index contributed by atoms with van der Waals surface area (Å²) in [6.07, 6.45) is 0. The maximum Gasteiger partial charge on any atom is 0.324 e. The molecule has 1 aromatic carbocycles. The summed E-state index contributed by atoms with van der Waals surface area (Å²) in [7, 11) is 0. The highest BCUT2D eigenvalue weighted by atomic mass is 16.5. The zero-order valence-electron chi connectivity index (χ0n) is 11.6. The van der Waals surface area contributed by atoms with Gasteiger partial charge in [0.25, 0.3) is 0 Å². The molecule has 5 heteroatoms. The average Bonchev–Trinajstić information content (AvgIpc) is 2.35. The SMILES string of the molecule is CCOc1ccccc1OCC(NC(C)C)C(=O)O. The first kappa shape index (κ1) is 15.3. The number of ether oxygens (including phenoxy) is 2. The monoisotopic (exact) mass is 267 g/mol. The second-order valence-corrected chi connectivity index (χ2v) is 4.40. The summed E-state index contributed by atoms with van der Waals surface area (Å²) in [5.41, 5.74) is 0. The van der Waals surface area contributed by atoms with Crippen molar-refractivity contribution in [2.24, 2.45) is 0 Å². The number of nitrogens with one attached hydrogen (secondary N) is 1. The van der Waals surface area contributed by atoms with Crippen LogP contribution in [0.15, 0.2) is 24.3 Å². The molecule has 1 atom stereocenters. The van der Waals surface area contributed by atoms with E-state index in [0.717, 1.165) is 0 Å². The Bertz CT molecular complexity index is 406. The number of hydrogen-bond acceptors (Lipinski definition) is 4. The Kier molecular flexibility index (Phi) is 6.15. The summed E-state index contributed by atoms with van der Waals surface area (Å²) < 4.78 is 11.0. The Balaban J connectivity index is 2.65. The third kappa shape index (κ3) is 5.18. The van der Waals surface area contributed by atoms with E-state index >= 15 is 0 Å². The Labute approximate surface area is 113 Å². The van der Waals surface area contributed by atoms with Crippen molar-refractivity contribution in [3.8, 4) is 11.5 Å². The van der Waals surface area contributed by atoms with Gasteiger partial charge in [-0.05, 0) is 19.1 Å². The number of hydrogen-bond donors (Lipinski definition) is 2. The van der Waals surface area contributed by atoms with Gasteiger partial charge in [-0.2, -0.15) is 0 Å². The molecule has 106 valence electrons. The van der Waals surface area contributed by atoms with Crippen molar-refractivity contribution in [1.29, 1.82) is 0 Å². The standard InChI is InChI=1S/C14H21NO4/c1-4-18-12-7-5-6-8-13(12)19-9-11(14(16)17)15-10(2)3/h5-8,10-11,15H,4,9H2,1-3H3,(H,16,17). The highest BCUT2D eigenvalue weighted by Gasteiger charge is 2.19.